The molecule has 0 fully saturated rings. The van der Waals surface area contributed by atoms with Gasteiger partial charge in [-0.15, -0.1) is 0 Å². The van der Waals surface area contributed by atoms with Crippen LogP contribution >= 0.6 is 0 Å². The van der Waals surface area contributed by atoms with E-state index in [-0.39, 0.29) is 23.2 Å². The van der Waals surface area contributed by atoms with Gasteiger partial charge in [-0.25, -0.2) is 13.1 Å². The fourth-order valence-corrected chi connectivity index (χ4v) is 2.32. The van der Waals surface area contributed by atoms with E-state index < -0.39 is 10.0 Å². The maximum absolute atomic E-state index is 11.6. The Hall–Kier alpha value is -1.31. The molecule has 1 unspecified atom stereocenters. The zero-order valence-corrected chi connectivity index (χ0v) is 11.5. The molecule has 0 aromatic heterocycles. The Morgan fingerprint density at radius 3 is 2.56 bits per heavy atom. The lowest BCUT2D eigenvalue weighted by molar-refractivity contribution is 0.270. The molecule has 0 radical (unpaired) electrons. The Morgan fingerprint density at radius 1 is 1.50 bits per heavy atom. The van der Waals surface area contributed by atoms with Crippen LogP contribution in [-0.2, 0) is 10.0 Å². The summed E-state index contributed by atoms with van der Waals surface area (Å²) in [5.41, 5.74) is 6.69. The van der Waals surface area contributed by atoms with Gasteiger partial charge >= 0.3 is 0 Å². The van der Waals surface area contributed by atoms with Crippen molar-refractivity contribution in [3.8, 4) is 0 Å². The van der Waals surface area contributed by atoms with Crippen LogP contribution in [0.3, 0.4) is 0 Å². The third kappa shape index (κ3) is 2.92. The number of nitrogen functional groups attached to an aromatic ring is 1. The van der Waals surface area contributed by atoms with Crippen LogP contribution in [0.1, 0.15) is 6.92 Å². The highest BCUT2D eigenvalue weighted by molar-refractivity contribution is 7.89. The molecule has 4 N–H and O–H groups in total. The quantitative estimate of drug-likeness (QED) is 0.656. The molecule has 0 aliphatic carbocycles. The van der Waals surface area contributed by atoms with Crippen LogP contribution in [0.2, 0.25) is 0 Å². The molecule has 18 heavy (non-hydrogen) atoms. The van der Waals surface area contributed by atoms with Crippen LogP contribution in [0.4, 0.5) is 11.4 Å². The molecular weight excluding hydrogens is 254 g/mol. The van der Waals surface area contributed by atoms with Gasteiger partial charge in [-0.3, -0.25) is 0 Å². The summed E-state index contributed by atoms with van der Waals surface area (Å²) in [4.78, 5) is 1.88. The van der Waals surface area contributed by atoms with E-state index in [1.54, 1.807) is 12.1 Å². The Bertz CT molecular complexity index is 516. The topological polar surface area (TPSA) is 95.7 Å². The fourth-order valence-electron chi connectivity index (χ4n) is 1.49. The maximum Gasteiger partial charge on any atom is 0.242 e. The van der Waals surface area contributed by atoms with Gasteiger partial charge in [0.2, 0.25) is 10.0 Å². The van der Waals surface area contributed by atoms with Gasteiger partial charge in [0.05, 0.1) is 12.3 Å². The van der Waals surface area contributed by atoms with Crippen LogP contribution in [-0.4, -0.2) is 40.3 Å². The summed E-state index contributed by atoms with van der Waals surface area (Å²) in [7, 11) is -0.397. The van der Waals surface area contributed by atoms with E-state index in [0.717, 1.165) is 5.69 Å². The fraction of sp³-hybridized carbons (Fsp3) is 0.455. The first-order chi connectivity index (χ1) is 8.33. The molecule has 0 spiro atoms. The standard InChI is InChI=1S/C11H19N3O3S/c1-8(7-15)14(3)9-4-5-11(10(12)6-9)18(16,17)13-2/h4-6,8,13,15H,7,12H2,1-3H3. The van der Waals surface area contributed by atoms with Gasteiger partial charge in [-0.05, 0) is 32.2 Å². The maximum atomic E-state index is 11.6. The van der Waals surface area contributed by atoms with E-state index in [9.17, 15) is 8.42 Å². The second-order valence-corrected chi connectivity index (χ2v) is 5.93. The predicted octanol–water partition coefficient (Wildman–Crippen LogP) is -0.00610. The predicted molar refractivity (Wildman–Crippen MR) is 72.1 cm³/mol. The molecule has 0 aliphatic heterocycles. The van der Waals surface area contributed by atoms with Crippen molar-refractivity contribution in [2.75, 3.05) is 31.3 Å². The Kier molecular flexibility index (Phi) is 4.55. The summed E-state index contributed by atoms with van der Waals surface area (Å²) in [5.74, 6) is 0. The third-order valence-corrected chi connectivity index (χ3v) is 4.37. The second kappa shape index (κ2) is 5.55. The molecule has 0 saturated carbocycles. The number of anilines is 2. The summed E-state index contributed by atoms with van der Waals surface area (Å²) in [6.07, 6.45) is 0. The van der Waals surface area contributed by atoms with Crippen molar-refractivity contribution >= 4 is 21.4 Å². The van der Waals surface area contributed by atoms with E-state index in [1.807, 2.05) is 18.9 Å². The van der Waals surface area contributed by atoms with Crippen LogP contribution in [0.25, 0.3) is 0 Å². The molecule has 0 aliphatic rings. The van der Waals surface area contributed by atoms with Gasteiger partial charge in [0, 0.05) is 18.8 Å². The summed E-state index contributed by atoms with van der Waals surface area (Å²) in [6, 6.07) is 4.62. The number of aliphatic hydroxyl groups excluding tert-OH is 1. The Balaban J connectivity index is 3.15. The first kappa shape index (κ1) is 14.7. The minimum atomic E-state index is -3.54. The van der Waals surface area contributed by atoms with Gasteiger partial charge in [0.25, 0.3) is 0 Å². The molecule has 0 heterocycles. The molecule has 1 aromatic rings. The average molecular weight is 273 g/mol. The van der Waals surface area contributed by atoms with E-state index in [4.69, 9.17) is 10.8 Å². The minimum Gasteiger partial charge on any atom is -0.398 e. The lowest BCUT2D eigenvalue weighted by atomic mass is 10.2. The van der Waals surface area contributed by atoms with Crippen LogP contribution in [0, 0.1) is 0 Å². The van der Waals surface area contributed by atoms with Crippen molar-refractivity contribution in [1.29, 1.82) is 0 Å². The van der Waals surface area contributed by atoms with Crippen LogP contribution < -0.4 is 15.4 Å². The van der Waals surface area contributed by atoms with E-state index >= 15 is 0 Å². The molecule has 1 rings (SSSR count). The van der Waals surface area contributed by atoms with Gasteiger partial charge in [0.15, 0.2) is 0 Å². The highest BCUT2D eigenvalue weighted by atomic mass is 32.2. The monoisotopic (exact) mass is 273 g/mol. The van der Waals surface area contributed by atoms with Crippen LogP contribution in [0.5, 0.6) is 0 Å². The van der Waals surface area contributed by atoms with Crippen molar-refractivity contribution in [3.63, 3.8) is 0 Å². The normalized spacial score (nSPS) is 13.3. The molecule has 1 aromatic carbocycles. The molecule has 0 amide bonds. The number of hydrogen-bond acceptors (Lipinski definition) is 5. The molecule has 0 bridgehead atoms. The van der Waals surface area contributed by atoms with Crippen LogP contribution in [0.15, 0.2) is 23.1 Å². The van der Waals surface area contributed by atoms with Gasteiger partial charge in [-0.1, -0.05) is 0 Å². The number of rotatable bonds is 5. The lowest BCUT2D eigenvalue weighted by Crippen LogP contribution is -2.32. The summed E-state index contributed by atoms with van der Waals surface area (Å²) < 4.78 is 25.5. The zero-order chi connectivity index (χ0) is 13.9. The number of aliphatic hydroxyl groups is 1. The molecule has 1 atom stereocenters. The Labute approximate surface area is 107 Å². The first-order valence-corrected chi connectivity index (χ1v) is 6.98. The van der Waals surface area contributed by atoms with Crippen molar-refractivity contribution in [2.24, 2.45) is 0 Å². The SMILES string of the molecule is CNS(=O)(=O)c1ccc(N(C)C(C)CO)cc1N. The van der Waals surface area contributed by atoms with E-state index in [2.05, 4.69) is 4.72 Å². The number of nitrogens with zero attached hydrogens (tertiary/aromatic N) is 1. The lowest BCUT2D eigenvalue weighted by Gasteiger charge is -2.26. The summed E-state index contributed by atoms with van der Waals surface area (Å²) >= 11 is 0. The number of sulfonamides is 1. The average Bonchev–Trinajstić information content (AvgIpc) is 2.36. The first-order valence-electron chi connectivity index (χ1n) is 5.50. The number of likely N-dealkylation sites (N-methyl/N-ethyl adjacent to an activating group) is 1. The van der Waals surface area contributed by atoms with Gasteiger partial charge in [-0.2, -0.15) is 0 Å². The molecule has 6 nitrogen and oxygen atoms in total. The minimum absolute atomic E-state index is 0.00692. The largest absolute Gasteiger partial charge is 0.398 e. The third-order valence-electron chi connectivity index (χ3n) is 2.88. The smallest absolute Gasteiger partial charge is 0.242 e. The highest BCUT2D eigenvalue weighted by Crippen LogP contribution is 2.25. The van der Waals surface area contributed by atoms with Crippen molar-refractivity contribution in [1.82, 2.24) is 4.72 Å². The van der Waals surface area contributed by atoms with Gasteiger partial charge < -0.3 is 15.7 Å². The molecule has 7 heteroatoms. The van der Waals surface area contributed by atoms with E-state index in [0.29, 0.717) is 0 Å². The number of nitrogens with one attached hydrogen (secondary N) is 1. The summed E-state index contributed by atoms with van der Waals surface area (Å²) in [5, 5.41) is 9.08. The number of nitrogens with two attached hydrogens (primary N) is 1. The van der Waals surface area contributed by atoms with E-state index in [1.165, 1.54) is 13.1 Å². The van der Waals surface area contributed by atoms with Crippen molar-refractivity contribution < 1.29 is 13.5 Å². The van der Waals surface area contributed by atoms with Crippen molar-refractivity contribution in [2.45, 2.75) is 17.9 Å². The van der Waals surface area contributed by atoms with Crippen molar-refractivity contribution in [3.05, 3.63) is 18.2 Å². The number of hydrogen-bond donors (Lipinski definition) is 3. The molecule has 0 saturated heterocycles. The molecular formula is C11H19N3O3S. The van der Waals surface area contributed by atoms with Gasteiger partial charge in [0.1, 0.15) is 4.90 Å². The Morgan fingerprint density at radius 2 is 2.11 bits per heavy atom. The second-order valence-electron chi connectivity index (χ2n) is 4.07. The summed E-state index contributed by atoms with van der Waals surface area (Å²) in [6.45, 7) is 1.86. The molecule has 102 valence electrons. The number of benzene rings is 1. The highest BCUT2D eigenvalue weighted by Gasteiger charge is 2.17. The zero-order valence-electron chi connectivity index (χ0n) is 10.7.